The number of benzene rings is 2. The first-order chi connectivity index (χ1) is 13.3. The van der Waals surface area contributed by atoms with E-state index in [4.69, 9.17) is 18.5 Å². The average Bonchev–Trinajstić information content (AvgIpc) is 3.22. The third-order valence-corrected chi connectivity index (χ3v) is 4.28. The molecule has 23 heavy (non-hydrogen) atoms. The number of carbonyl (C=O) groups is 1. The molecule has 0 spiro atoms. The van der Waals surface area contributed by atoms with Crippen LogP contribution in [0.5, 0.6) is 0 Å². The number of nitrogens with zero attached hydrogens (tertiary/aromatic N) is 1. The zero-order chi connectivity index (χ0) is 20.4. The number of para-hydroxylation sites is 1. The lowest BCUT2D eigenvalue weighted by molar-refractivity contribution is 0.184. The molecule has 1 saturated carbocycles. The predicted molar refractivity (Wildman–Crippen MR) is 94.7 cm³/mol. The first-order valence-corrected chi connectivity index (χ1v) is 8.06. The molecule has 4 heteroatoms. The standard InChI is InChI=1S/C19H21ClN2O/c20-16-12-10-15(11-13-16)14-22(18-8-4-5-9-18)19(23)21-17-6-2-1-3-7-17/h1-3,6-7,10-13,18H,4-5,8-9,14H2,(H,21,23)/i1D,2D,3D,6D,7D. The maximum Gasteiger partial charge on any atom is 0.322 e. The summed E-state index contributed by atoms with van der Waals surface area (Å²) in [6.07, 6.45) is 3.82. The molecule has 1 N–H and O–H groups in total. The zero-order valence-corrected chi connectivity index (χ0v) is 13.4. The smallest absolute Gasteiger partial charge is 0.317 e. The molecule has 2 aromatic rings. The van der Waals surface area contributed by atoms with Crippen LogP contribution >= 0.6 is 11.6 Å². The molecule has 0 radical (unpaired) electrons. The molecule has 1 fully saturated rings. The Morgan fingerprint density at radius 2 is 1.83 bits per heavy atom. The molecule has 3 rings (SSSR count). The molecule has 0 saturated heterocycles. The van der Waals surface area contributed by atoms with E-state index in [1.807, 2.05) is 12.1 Å². The molecule has 0 atom stereocenters. The second-order valence-corrected chi connectivity index (χ2v) is 6.06. The third-order valence-electron chi connectivity index (χ3n) is 4.02. The highest BCUT2D eigenvalue weighted by molar-refractivity contribution is 6.30. The Balaban J connectivity index is 1.89. The van der Waals surface area contributed by atoms with Gasteiger partial charge in [-0.25, -0.2) is 4.79 Å². The number of urea groups is 1. The van der Waals surface area contributed by atoms with Gasteiger partial charge in [-0.3, -0.25) is 0 Å². The van der Waals surface area contributed by atoms with E-state index in [1.54, 1.807) is 17.0 Å². The Hall–Kier alpha value is -2.00. The zero-order valence-electron chi connectivity index (χ0n) is 17.7. The number of hydrogen-bond donors (Lipinski definition) is 1. The average molecular weight is 334 g/mol. The molecule has 0 aromatic heterocycles. The van der Waals surface area contributed by atoms with Crippen LogP contribution in [0.1, 0.15) is 38.1 Å². The normalized spacial score (nSPS) is 17.7. The van der Waals surface area contributed by atoms with Crippen LogP contribution in [-0.2, 0) is 6.54 Å². The van der Waals surface area contributed by atoms with Crippen molar-refractivity contribution in [1.29, 1.82) is 0 Å². The molecular formula is C19H21ClN2O. The molecule has 3 nitrogen and oxygen atoms in total. The van der Waals surface area contributed by atoms with Gasteiger partial charge in [-0.15, -0.1) is 0 Å². The van der Waals surface area contributed by atoms with Crippen LogP contribution < -0.4 is 5.32 Å². The summed E-state index contributed by atoms with van der Waals surface area (Å²) in [6, 6.07) is 4.53. The highest BCUT2D eigenvalue weighted by atomic mass is 35.5. The van der Waals surface area contributed by atoms with E-state index in [0.717, 1.165) is 31.2 Å². The van der Waals surface area contributed by atoms with Crippen molar-refractivity contribution in [2.45, 2.75) is 38.3 Å². The fraction of sp³-hybridized carbons (Fsp3) is 0.316. The Labute approximate surface area is 149 Å². The molecule has 2 amide bonds. The number of hydrogen-bond acceptors (Lipinski definition) is 1. The SMILES string of the molecule is [2H]c1c([2H])c([2H])c(NC(=O)N(Cc2ccc(Cl)cc2)C2CCCC2)c([2H])c1[2H]. The van der Waals surface area contributed by atoms with Crippen LogP contribution in [-0.4, -0.2) is 17.0 Å². The Kier molecular flexibility index (Phi) is 3.50. The molecule has 120 valence electrons. The van der Waals surface area contributed by atoms with Crippen LogP contribution in [0.15, 0.2) is 54.5 Å². The van der Waals surface area contributed by atoms with Crippen LogP contribution in [0.3, 0.4) is 0 Å². The van der Waals surface area contributed by atoms with Gasteiger partial charge in [-0.1, -0.05) is 54.7 Å². The number of carbonyl (C=O) groups excluding carboxylic acids is 1. The minimum absolute atomic E-state index is 0.0421. The number of halogens is 1. The van der Waals surface area contributed by atoms with Crippen molar-refractivity contribution < 1.29 is 11.6 Å². The van der Waals surface area contributed by atoms with Gasteiger partial charge >= 0.3 is 6.03 Å². The van der Waals surface area contributed by atoms with Gasteiger partial charge in [0.15, 0.2) is 0 Å². The molecule has 2 aromatic carbocycles. The van der Waals surface area contributed by atoms with Gasteiger partial charge in [-0.2, -0.15) is 0 Å². The Bertz CT molecular complexity index is 856. The van der Waals surface area contributed by atoms with Crippen molar-refractivity contribution in [3.8, 4) is 0 Å². The van der Waals surface area contributed by atoms with E-state index in [-0.39, 0.29) is 11.7 Å². The van der Waals surface area contributed by atoms with Gasteiger partial charge in [0.2, 0.25) is 0 Å². The minimum Gasteiger partial charge on any atom is -0.317 e. The first kappa shape index (κ1) is 10.7. The minimum atomic E-state index is -0.484. The summed E-state index contributed by atoms with van der Waals surface area (Å²) in [5.41, 5.74) is 0.711. The summed E-state index contributed by atoms with van der Waals surface area (Å²) >= 11 is 5.94. The number of nitrogens with one attached hydrogen (secondary N) is 1. The Morgan fingerprint density at radius 3 is 2.48 bits per heavy atom. The van der Waals surface area contributed by atoms with Crippen molar-refractivity contribution in [3.63, 3.8) is 0 Å². The first-order valence-electron chi connectivity index (χ1n) is 10.2. The number of amides is 2. The monoisotopic (exact) mass is 333 g/mol. The molecule has 0 aliphatic heterocycles. The number of anilines is 1. The maximum absolute atomic E-state index is 13.0. The lowest BCUT2D eigenvalue weighted by atomic mass is 10.1. The highest BCUT2D eigenvalue weighted by Gasteiger charge is 2.26. The van der Waals surface area contributed by atoms with E-state index in [2.05, 4.69) is 5.32 Å². The van der Waals surface area contributed by atoms with E-state index in [0.29, 0.717) is 11.6 Å². The van der Waals surface area contributed by atoms with Crippen molar-refractivity contribution in [2.24, 2.45) is 0 Å². The summed E-state index contributed by atoms with van der Waals surface area (Å²) in [4.78, 5) is 14.7. The van der Waals surface area contributed by atoms with Gasteiger partial charge < -0.3 is 10.2 Å². The largest absolute Gasteiger partial charge is 0.322 e. The second-order valence-electron chi connectivity index (χ2n) is 5.62. The summed E-state index contributed by atoms with van der Waals surface area (Å²) in [5, 5.41) is 3.17. The third kappa shape index (κ3) is 4.26. The van der Waals surface area contributed by atoms with E-state index >= 15 is 0 Å². The fourth-order valence-corrected chi connectivity index (χ4v) is 2.99. The summed E-state index contributed by atoms with van der Waals surface area (Å²) in [5.74, 6) is 0. The van der Waals surface area contributed by atoms with Gasteiger partial charge in [0, 0.05) is 23.3 Å². The van der Waals surface area contributed by atoms with Crippen molar-refractivity contribution in [1.82, 2.24) is 4.90 Å². The van der Waals surface area contributed by atoms with E-state index in [9.17, 15) is 4.79 Å². The fourth-order valence-electron chi connectivity index (χ4n) is 2.86. The number of rotatable bonds is 4. The summed E-state index contributed by atoms with van der Waals surface area (Å²) < 4.78 is 39.2. The summed E-state index contributed by atoms with van der Waals surface area (Å²) in [6.45, 7) is 0.353. The molecule has 0 bridgehead atoms. The van der Waals surface area contributed by atoms with Crippen LogP contribution in [0.25, 0.3) is 0 Å². The van der Waals surface area contributed by atoms with Crippen molar-refractivity contribution in [3.05, 3.63) is 65.1 Å². The molecule has 1 aliphatic rings. The predicted octanol–water partition coefficient (Wildman–Crippen LogP) is 5.32. The highest BCUT2D eigenvalue weighted by Crippen LogP contribution is 2.26. The van der Waals surface area contributed by atoms with Gasteiger partial charge in [0.05, 0.1) is 6.85 Å². The molecular weight excluding hydrogens is 308 g/mol. The van der Waals surface area contributed by atoms with Gasteiger partial charge in [-0.05, 0) is 42.6 Å². The van der Waals surface area contributed by atoms with Crippen LogP contribution in [0.2, 0.25) is 5.02 Å². The van der Waals surface area contributed by atoms with Crippen molar-refractivity contribution in [2.75, 3.05) is 5.32 Å². The summed E-state index contributed by atoms with van der Waals surface area (Å²) in [7, 11) is 0. The lowest BCUT2D eigenvalue weighted by Gasteiger charge is -2.29. The maximum atomic E-state index is 13.0. The Morgan fingerprint density at radius 1 is 1.17 bits per heavy atom. The quantitative estimate of drug-likeness (QED) is 0.807. The molecule has 1 aliphatic carbocycles. The van der Waals surface area contributed by atoms with Crippen LogP contribution in [0, 0.1) is 0 Å². The van der Waals surface area contributed by atoms with Crippen molar-refractivity contribution >= 4 is 23.3 Å². The molecule has 0 heterocycles. The van der Waals surface area contributed by atoms with Gasteiger partial charge in [0.25, 0.3) is 0 Å². The lowest BCUT2D eigenvalue weighted by Crippen LogP contribution is -2.41. The van der Waals surface area contributed by atoms with Crippen LogP contribution in [0.4, 0.5) is 10.5 Å². The van der Waals surface area contributed by atoms with E-state index < -0.39 is 36.2 Å². The molecule has 0 unspecified atom stereocenters. The van der Waals surface area contributed by atoms with Gasteiger partial charge in [0.1, 0.15) is 0 Å². The second kappa shape index (κ2) is 7.51. The van der Waals surface area contributed by atoms with E-state index in [1.165, 1.54) is 0 Å². The topological polar surface area (TPSA) is 32.3 Å².